The van der Waals surface area contributed by atoms with Crippen LogP contribution in [0.2, 0.25) is 0 Å². The molecule has 0 aromatic rings. The summed E-state index contributed by atoms with van der Waals surface area (Å²) in [5.74, 6) is 0.625. The minimum absolute atomic E-state index is 0.625. The van der Waals surface area contributed by atoms with Gasteiger partial charge in [0.2, 0.25) is 0 Å². The van der Waals surface area contributed by atoms with Crippen molar-refractivity contribution in [3.63, 3.8) is 0 Å². The fraction of sp³-hybridized carbons (Fsp3) is 0.667. The first-order chi connectivity index (χ1) is 6.41. The van der Waals surface area contributed by atoms with Gasteiger partial charge in [0.1, 0.15) is 0 Å². The first kappa shape index (κ1) is 18.5. The summed E-state index contributed by atoms with van der Waals surface area (Å²) in [5.41, 5.74) is 0. The van der Waals surface area contributed by atoms with Crippen molar-refractivity contribution in [1.29, 1.82) is 0 Å². The third kappa shape index (κ3) is 33.7. The molecule has 0 atom stereocenters. The van der Waals surface area contributed by atoms with E-state index in [0.717, 1.165) is 12.8 Å². The highest BCUT2D eigenvalue weighted by Crippen LogP contribution is 1.88. The van der Waals surface area contributed by atoms with Crippen LogP contribution in [0.1, 0.15) is 47.5 Å². The van der Waals surface area contributed by atoms with E-state index in [9.17, 15) is 0 Å². The van der Waals surface area contributed by atoms with E-state index in [1.165, 1.54) is 0 Å². The lowest BCUT2D eigenvalue weighted by molar-refractivity contribution is 1.20. The largest absolute Gasteiger partial charge is 0.122 e. The van der Waals surface area contributed by atoms with E-state index >= 15 is 0 Å². The smallest absolute Gasteiger partial charge is 0.0404 e. The van der Waals surface area contributed by atoms with Gasteiger partial charge in [-0.1, -0.05) is 58.9 Å². The van der Waals surface area contributed by atoms with Gasteiger partial charge >= 0.3 is 0 Å². The summed E-state index contributed by atoms with van der Waals surface area (Å²) in [4.78, 5) is 0. The second-order valence-corrected chi connectivity index (χ2v) is 2.05. The zero-order valence-electron chi connectivity index (χ0n) is 9.81. The molecule has 0 nitrogen and oxygen atoms in total. The van der Waals surface area contributed by atoms with Crippen LogP contribution in [0, 0.1) is 0 Å². The van der Waals surface area contributed by atoms with E-state index in [0.29, 0.717) is 5.88 Å². The molecule has 0 N–H and O–H groups in total. The fourth-order valence-corrected chi connectivity index (χ4v) is 0.627. The normalized spacial score (nSPS) is 9.08. The molecule has 0 aliphatic rings. The molecule has 0 saturated heterocycles. The van der Waals surface area contributed by atoms with Crippen LogP contribution in [0.4, 0.5) is 0 Å². The Labute approximate surface area is 89.7 Å². The lowest BCUT2D eigenvalue weighted by Crippen LogP contribution is -1.61. The number of halogens is 1. The van der Waals surface area contributed by atoms with Crippen LogP contribution in [0.3, 0.4) is 0 Å². The van der Waals surface area contributed by atoms with E-state index in [4.69, 9.17) is 11.6 Å². The molecule has 0 spiro atoms. The highest BCUT2D eigenvalue weighted by Gasteiger charge is 1.68. The van der Waals surface area contributed by atoms with Crippen molar-refractivity contribution < 1.29 is 0 Å². The molecule has 0 aromatic carbocycles. The summed E-state index contributed by atoms with van der Waals surface area (Å²) in [5, 5.41) is 0. The maximum absolute atomic E-state index is 5.40. The second-order valence-electron chi connectivity index (χ2n) is 1.74. The summed E-state index contributed by atoms with van der Waals surface area (Å²) in [7, 11) is 0. The van der Waals surface area contributed by atoms with Crippen LogP contribution in [0.5, 0.6) is 0 Å². The zero-order valence-corrected chi connectivity index (χ0v) is 10.6. The van der Waals surface area contributed by atoms with Crippen LogP contribution < -0.4 is 0 Å². The minimum Gasteiger partial charge on any atom is -0.122 e. The van der Waals surface area contributed by atoms with Crippen molar-refractivity contribution in [2.75, 3.05) is 5.88 Å². The van der Waals surface area contributed by atoms with E-state index in [2.05, 4.69) is 25.2 Å². The molecular weight excluding hydrogens is 180 g/mol. The number of allylic oxidation sites excluding steroid dienone is 4. The van der Waals surface area contributed by atoms with Gasteiger partial charge in [0.15, 0.2) is 0 Å². The fourth-order valence-electron chi connectivity index (χ4n) is 0.501. The molecule has 80 valence electrons. The molecule has 0 aromatic heterocycles. The van der Waals surface area contributed by atoms with Gasteiger partial charge in [-0.25, -0.2) is 0 Å². The van der Waals surface area contributed by atoms with Gasteiger partial charge in [-0.3, -0.25) is 0 Å². The molecule has 0 bridgehead atoms. The maximum Gasteiger partial charge on any atom is 0.0404 e. The molecule has 0 aliphatic carbocycles. The highest BCUT2D eigenvalue weighted by atomic mass is 35.5. The van der Waals surface area contributed by atoms with E-state index in [-0.39, 0.29) is 0 Å². The van der Waals surface area contributed by atoms with Crippen LogP contribution in [-0.2, 0) is 0 Å². The summed E-state index contributed by atoms with van der Waals surface area (Å²) in [6.45, 7) is 10.1. The van der Waals surface area contributed by atoms with Gasteiger partial charge in [0, 0.05) is 5.88 Å². The van der Waals surface area contributed by atoms with Gasteiger partial charge in [-0.05, 0) is 12.8 Å². The summed E-state index contributed by atoms with van der Waals surface area (Å²) in [6, 6.07) is 0. The molecule has 0 amide bonds. The lowest BCUT2D eigenvalue weighted by Gasteiger charge is -1.79. The lowest BCUT2D eigenvalue weighted by atomic mass is 10.3. The van der Waals surface area contributed by atoms with E-state index in [1.807, 2.05) is 33.8 Å². The summed E-state index contributed by atoms with van der Waals surface area (Å²) in [6.07, 6.45) is 10.5. The Kier molecular flexibility index (Phi) is 42.5. The topological polar surface area (TPSA) is 0 Å². The van der Waals surface area contributed by atoms with Crippen LogP contribution in [0.15, 0.2) is 24.3 Å². The number of hydrogen-bond donors (Lipinski definition) is 0. The molecule has 13 heavy (non-hydrogen) atoms. The first-order valence-electron chi connectivity index (χ1n) is 5.27. The van der Waals surface area contributed by atoms with Crippen molar-refractivity contribution in [2.24, 2.45) is 0 Å². The van der Waals surface area contributed by atoms with Crippen molar-refractivity contribution in [2.45, 2.75) is 47.5 Å². The Morgan fingerprint density at radius 1 is 0.846 bits per heavy atom. The third-order valence-electron chi connectivity index (χ3n) is 0.930. The standard InChI is InChI=1S/C8H13Cl.2C2H6/c1-2-3-4-5-6-7-8-9;2*1-2/h3-4,6-7H,2,5,8H2,1H3;2*1-2H3/b4-3-,7-6-;;. The Morgan fingerprint density at radius 2 is 1.31 bits per heavy atom. The molecule has 0 radical (unpaired) electrons. The summed E-state index contributed by atoms with van der Waals surface area (Å²) >= 11 is 5.40. The molecule has 0 aliphatic heterocycles. The van der Waals surface area contributed by atoms with E-state index in [1.54, 1.807) is 0 Å². The van der Waals surface area contributed by atoms with Crippen LogP contribution >= 0.6 is 11.6 Å². The van der Waals surface area contributed by atoms with Crippen LogP contribution in [-0.4, -0.2) is 5.88 Å². The minimum atomic E-state index is 0.625. The molecule has 0 heterocycles. The second kappa shape index (κ2) is 29.8. The third-order valence-corrected chi connectivity index (χ3v) is 1.11. The Bertz CT molecular complexity index is 81.3. The van der Waals surface area contributed by atoms with Crippen molar-refractivity contribution >= 4 is 11.6 Å². The number of hydrogen-bond acceptors (Lipinski definition) is 0. The van der Waals surface area contributed by atoms with Gasteiger partial charge < -0.3 is 0 Å². The van der Waals surface area contributed by atoms with Crippen LogP contribution in [0.25, 0.3) is 0 Å². The molecule has 0 unspecified atom stereocenters. The number of alkyl halides is 1. The Balaban J connectivity index is -0.000000218. The zero-order chi connectivity index (χ0) is 10.9. The molecule has 0 rings (SSSR count). The highest BCUT2D eigenvalue weighted by molar-refractivity contribution is 6.18. The average Bonchev–Trinajstić information content (AvgIpc) is 2.24. The van der Waals surface area contributed by atoms with Gasteiger partial charge in [-0.15, -0.1) is 11.6 Å². The molecular formula is C12H25Cl. The van der Waals surface area contributed by atoms with Crippen molar-refractivity contribution in [3.8, 4) is 0 Å². The monoisotopic (exact) mass is 204 g/mol. The maximum atomic E-state index is 5.40. The number of rotatable bonds is 4. The molecule has 0 saturated carbocycles. The quantitative estimate of drug-likeness (QED) is 0.437. The summed E-state index contributed by atoms with van der Waals surface area (Å²) < 4.78 is 0. The van der Waals surface area contributed by atoms with Gasteiger partial charge in [0.25, 0.3) is 0 Å². The van der Waals surface area contributed by atoms with Crippen molar-refractivity contribution in [1.82, 2.24) is 0 Å². The first-order valence-corrected chi connectivity index (χ1v) is 5.81. The average molecular weight is 205 g/mol. The predicted octanol–water partition coefficient (Wildman–Crippen LogP) is 5.19. The SMILES string of the molecule is CC.CC.CC/C=C\C/C=C\CCl. The van der Waals surface area contributed by atoms with Gasteiger partial charge in [-0.2, -0.15) is 0 Å². The van der Waals surface area contributed by atoms with E-state index < -0.39 is 0 Å². The predicted molar refractivity (Wildman–Crippen MR) is 66.6 cm³/mol. The van der Waals surface area contributed by atoms with Gasteiger partial charge in [0.05, 0.1) is 0 Å². The molecule has 0 fully saturated rings. The Hall–Kier alpha value is -0.230. The van der Waals surface area contributed by atoms with Crippen molar-refractivity contribution in [3.05, 3.63) is 24.3 Å². The molecule has 1 heteroatoms. The Morgan fingerprint density at radius 3 is 1.69 bits per heavy atom.